The van der Waals surface area contributed by atoms with Crippen LogP contribution in [0, 0.1) is 5.92 Å². The van der Waals surface area contributed by atoms with Crippen LogP contribution in [0.4, 0.5) is 0 Å². The molecule has 0 atom stereocenters. The molecule has 23 heavy (non-hydrogen) atoms. The van der Waals surface area contributed by atoms with Crippen molar-refractivity contribution in [2.45, 2.75) is 50.4 Å². The predicted octanol–water partition coefficient (Wildman–Crippen LogP) is 3.17. The average molecular weight is 319 g/mol. The third kappa shape index (κ3) is 3.66. The van der Waals surface area contributed by atoms with Gasteiger partial charge in [0.1, 0.15) is 0 Å². The molecule has 0 spiro atoms. The van der Waals surface area contributed by atoms with Crippen molar-refractivity contribution < 1.29 is 19.4 Å². The SMILES string of the molecule is O=C(O)C1(c2ccc(OCC3CCCCC3)nc2)CCOCC1. The summed E-state index contributed by atoms with van der Waals surface area (Å²) in [5, 5.41) is 9.67. The first-order valence-electron chi connectivity index (χ1n) is 8.61. The van der Waals surface area contributed by atoms with Crippen molar-refractivity contribution in [1.82, 2.24) is 4.98 Å². The van der Waals surface area contributed by atoms with Crippen molar-refractivity contribution in [3.05, 3.63) is 23.9 Å². The fourth-order valence-electron chi connectivity index (χ4n) is 3.65. The molecule has 3 rings (SSSR count). The molecule has 1 saturated carbocycles. The maximum absolute atomic E-state index is 11.8. The van der Waals surface area contributed by atoms with Crippen molar-refractivity contribution in [2.24, 2.45) is 5.92 Å². The summed E-state index contributed by atoms with van der Waals surface area (Å²) in [6.45, 7) is 1.67. The molecule has 1 aromatic heterocycles. The fourth-order valence-corrected chi connectivity index (χ4v) is 3.65. The Kier molecular flexibility index (Phi) is 5.16. The number of aromatic nitrogens is 1. The van der Waals surface area contributed by atoms with Crippen LogP contribution in [-0.4, -0.2) is 35.9 Å². The van der Waals surface area contributed by atoms with Gasteiger partial charge in [-0.1, -0.05) is 25.3 Å². The summed E-state index contributed by atoms with van der Waals surface area (Å²) in [6, 6.07) is 3.65. The first kappa shape index (κ1) is 16.2. The minimum Gasteiger partial charge on any atom is -0.481 e. The lowest BCUT2D eigenvalue weighted by Crippen LogP contribution is -2.41. The Hall–Kier alpha value is -1.62. The molecule has 0 bridgehead atoms. The number of ether oxygens (including phenoxy) is 2. The second-order valence-corrected chi connectivity index (χ2v) is 6.70. The maximum atomic E-state index is 11.8. The molecule has 2 fully saturated rings. The molecule has 1 aliphatic carbocycles. The average Bonchev–Trinajstić information content (AvgIpc) is 2.62. The van der Waals surface area contributed by atoms with E-state index in [1.54, 1.807) is 12.3 Å². The van der Waals surface area contributed by atoms with Crippen molar-refractivity contribution in [3.63, 3.8) is 0 Å². The third-order valence-corrected chi connectivity index (χ3v) is 5.24. The van der Waals surface area contributed by atoms with Crippen LogP contribution in [0.25, 0.3) is 0 Å². The van der Waals surface area contributed by atoms with E-state index in [2.05, 4.69) is 4.98 Å². The van der Waals surface area contributed by atoms with Crippen LogP contribution < -0.4 is 4.74 Å². The predicted molar refractivity (Wildman–Crippen MR) is 85.7 cm³/mol. The molecule has 2 aliphatic rings. The van der Waals surface area contributed by atoms with Crippen molar-refractivity contribution in [1.29, 1.82) is 0 Å². The number of hydrogen-bond donors (Lipinski definition) is 1. The molecule has 0 radical (unpaired) electrons. The highest BCUT2D eigenvalue weighted by molar-refractivity contribution is 5.81. The monoisotopic (exact) mass is 319 g/mol. The molecule has 1 aliphatic heterocycles. The summed E-state index contributed by atoms with van der Waals surface area (Å²) in [5.41, 5.74) is -0.119. The highest BCUT2D eigenvalue weighted by atomic mass is 16.5. The molecule has 0 amide bonds. The van der Waals surface area contributed by atoms with Gasteiger partial charge in [0.25, 0.3) is 0 Å². The second-order valence-electron chi connectivity index (χ2n) is 6.70. The zero-order valence-electron chi connectivity index (χ0n) is 13.5. The number of hydrogen-bond acceptors (Lipinski definition) is 4. The van der Waals surface area contributed by atoms with Crippen molar-refractivity contribution in [3.8, 4) is 5.88 Å². The topological polar surface area (TPSA) is 68.7 Å². The minimum atomic E-state index is -0.868. The van der Waals surface area contributed by atoms with Gasteiger partial charge < -0.3 is 14.6 Å². The van der Waals surface area contributed by atoms with E-state index in [4.69, 9.17) is 9.47 Å². The van der Waals surface area contributed by atoms with E-state index in [-0.39, 0.29) is 0 Å². The molecule has 2 heterocycles. The summed E-state index contributed by atoms with van der Waals surface area (Å²) in [7, 11) is 0. The lowest BCUT2D eigenvalue weighted by atomic mass is 9.75. The van der Waals surface area contributed by atoms with Crippen LogP contribution in [-0.2, 0) is 14.9 Å². The van der Waals surface area contributed by atoms with Gasteiger partial charge in [0.15, 0.2) is 0 Å². The summed E-state index contributed by atoms with van der Waals surface area (Å²) in [5.74, 6) is 0.427. The van der Waals surface area contributed by atoms with Gasteiger partial charge in [0.2, 0.25) is 5.88 Å². The fraction of sp³-hybridized carbons (Fsp3) is 0.667. The highest BCUT2D eigenvalue weighted by Crippen LogP contribution is 2.35. The Bertz CT molecular complexity index is 516. The summed E-state index contributed by atoms with van der Waals surface area (Å²) >= 11 is 0. The van der Waals surface area contributed by atoms with Crippen LogP contribution in [0.3, 0.4) is 0 Å². The largest absolute Gasteiger partial charge is 0.481 e. The van der Waals surface area contributed by atoms with Crippen LogP contribution in [0.1, 0.15) is 50.5 Å². The molecule has 5 nitrogen and oxygen atoms in total. The lowest BCUT2D eigenvalue weighted by molar-refractivity contribution is -0.147. The lowest BCUT2D eigenvalue weighted by Gasteiger charge is -2.33. The summed E-state index contributed by atoms with van der Waals surface area (Å²) in [6.07, 6.45) is 9.05. The van der Waals surface area contributed by atoms with E-state index in [0.717, 1.165) is 5.56 Å². The molecule has 0 unspecified atom stereocenters. The van der Waals surface area contributed by atoms with Crippen LogP contribution in [0.15, 0.2) is 18.3 Å². The number of nitrogens with zero attached hydrogens (tertiary/aromatic N) is 1. The van der Waals surface area contributed by atoms with Gasteiger partial charge in [-0.05, 0) is 37.2 Å². The van der Waals surface area contributed by atoms with Crippen molar-refractivity contribution >= 4 is 5.97 Å². The van der Waals surface area contributed by atoms with Crippen LogP contribution in [0.2, 0.25) is 0 Å². The Morgan fingerprint density at radius 1 is 1.26 bits per heavy atom. The zero-order chi connectivity index (χ0) is 16.1. The van der Waals surface area contributed by atoms with E-state index < -0.39 is 11.4 Å². The molecule has 0 aromatic carbocycles. The van der Waals surface area contributed by atoms with Gasteiger partial charge in [-0.15, -0.1) is 0 Å². The normalized spacial score (nSPS) is 21.7. The van der Waals surface area contributed by atoms with E-state index in [9.17, 15) is 9.90 Å². The quantitative estimate of drug-likeness (QED) is 0.903. The molecule has 1 aromatic rings. The van der Waals surface area contributed by atoms with E-state index in [0.29, 0.717) is 44.5 Å². The standard InChI is InChI=1S/C18H25NO4/c20-17(21)18(8-10-22-11-9-18)15-6-7-16(19-12-15)23-13-14-4-2-1-3-5-14/h6-7,12,14H,1-5,8-11,13H2,(H,20,21). The number of aliphatic carboxylic acids is 1. The molecule has 126 valence electrons. The van der Waals surface area contributed by atoms with Crippen molar-refractivity contribution in [2.75, 3.05) is 19.8 Å². The third-order valence-electron chi connectivity index (χ3n) is 5.24. The van der Waals surface area contributed by atoms with Gasteiger partial charge in [0.05, 0.1) is 12.0 Å². The number of pyridine rings is 1. The van der Waals surface area contributed by atoms with E-state index >= 15 is 0 Å². The number of carbonyl (C=O) groups is 1. The molecule has 1 N–H and O–H groups in total. The Morgan fingerprint density at radius 2 is 2.00 bits per heavy atom. The van der Waals surface area contributed by atoms with Gasteiger partial charge >= 0.3 is 5.97 Å². The minimum absolute atomic E-state index is 0.478. The van der Waals surface area contributed by atoms with Gasteiger partial charge in [0, 0.05) is 25.5 Å². The molecular weight excluding hydrogens is 294 g/mol. The Morgan fingerprint density at radius 3 is 2.61 bits per heavy atom. The first-order chi connectivity index (χ1) is 11.2. The van der Waals surface area contributed by atoms with Crippen LogP contribution >= 0.6 is 0 Å². The smallest absolute Gasteiger partial charge is 0.314 e. The highest BCUT2D eigenvalue weighted by Gasteiger charge is 2.42. The van der Waals surface area contributed by atoms with E-state index in [1.807, 2.05) is 6.07 Å². The molecule has 1 saturated heterocycles. The Balaban J connectivity index is 1.64. The van der Waals surface area contributed by atoms with Gasteiger partial charge in [-0.2, -0.15) is 0 Å². The number of carboxylic acid groups (broad SMARTS) is 1. The number of carboxylic acids is 1. The maximum Gasteiger partial charge on any atom is 0.314 e. The zero-order valence-corrected chi connectivity index (χ0v) is 13.5. The summed E-state index contributed by atoms with van der Waals surface area (Å²) < 4.78 is 11.1. The van der Waals surface area contributed by atoms with E-state index in [1.165, 1.54) is 32.1 Å². The molecule has 5 heteroatoms. The molecular formula is C18H25NO4. The van der Waals surface area contributed by atoms with Gasteiger partial charge in [-0.25, -0.2) is 4.98 Å². The van der Waals surface area contributed by atoms with Crippen LogP contribution in [0.5, 0.6) is 5.88 Å². The second kappa shape index (κ2) is 7.30. The summed E-state index contributed by atoms with van der Waals surface area (Å²) in [4.78, 5) is 16.1. The number of rotatable bonds is 5. The van der Waals surface area contributed by atoms with Gasteiger partial charge in [-0.3, -0.25) is 4.79 Å². The first-order valence-corrected chi connectivity index (χ1v) is 8.61. The Labute approximate surface area is 137 Å².